The van der Waals surface area contributed by atoms with Gasteiger partial charge in [0.1, 0.15) is 17.8 Å². The number of aliphatic hydroxyl groups excluding tert-OH is 2. The summed E-state index contributed by atoms with van der Waals surface area (Å²) in [6.45, 7) is 8.71. The number of alkyl halides is 2. The number of aliphatic imine (C=N–C) groups is 1. The molecule has 2 heterocycles. The van der Waals surface area contributed by atoms with Crippen molar-refractivity contribution in [2.24, 2.45) is 4.99 Å². The van der Waals surface area contributed by atoms with Crippen LogP contribution in [0.25, 0.3) is 0 Å². The highest BCUT2D eigenvalue weighted by Gasteiger charge is 2.60. The van der Waals surface area contributed by atoms with Gasteiger partial charge in [0.2, 0.25) is 6.23 Å². The van der Waals surface area contributed by atoms with Gasteiger partial charge in [0.25, 0.3) is 0 Å². The number of hydrogen-bond donors (Lipinski definition) is 3. The van der Waals surface area contributed by atoms with E-state index in [-0.39, 0.29) is 11.4 Å². The van der Waals surface area contributed by atoms with E-state index < -0.39 is 31.0 Å². The summed E-state index contributed by atoms with van der Waals surface area (Å²) < 4.78 is 33.3. The maximum absolute atomic E-state index is 14.1. The molecule has 0 bridgehead atoms. The SMILES string of the molecule is C=C1NC(=NC(C)(C)C)C=CN1[C@@H]1O[C@H](CO)[C@H](O)C1(F)F. The summed E-state index contributed by atoms with van der Waals surface area (Å²) in [6, 6.07) is 0. The molecule has 22 heavy (non-hydrogen) atoms. The highest BCUT2D eigenvalue weighted by atomic mass is 19.3. The third kappa shape index (κ3) is 3.13. The fourth-order valence-electron chi connectivity index (χ4n) is 2.26. The number of nitrogens with one attached hydrogen (secondary N) is 1. The first-order chi connectivity index (χ1) is 10.1. The number of ether oxygens (including phenoxy) is 1. The van der Waals surface area contributed by atoms with E-state index in [1.807, 2.05) is 20.8 Å². The van der Waals surface area contributed by atoms with Crippen molar-refractivity contribution in [2.75, 3.05) is 6.61 Å². The predicted octanol–water partition coefficient (Wildman–Crippen LogP) is 0.787. The molecule has 0 aromatic heterocycles. The quantitative estimate of drug-likeness (QED) is 0.702. The van der Waals surface area contributed by atoms with Crippen molar-refractivity contribution in [1.82, 2.24) is 10.2 Å². The maximum atomic E-state index is 14.1. The molecule has 6 nitrogen and oxygen atoms in total. The summed E-state index contributed by atoms with van der Waals surface area (Å²) in [5, 5.41) is 21.4. The molecule has 3 atom stereocenters. The highest BCUT2D eigenvalue weighted by Crippen LogP contribution is 2.39. The van der Waals surface area contributed by atoms with Crippen LogP contribution in [0.1, 0.15) is 20.8 Å². The van der Waals surface area contributed by atoms with Crippen LogP contribution in [0.2, 0.25) is 0 Å². The Morgan fingerprint density at radius 1 is 1.50 bits per heavy atom. The topological polar surface area (TPSA) is 77.3 Å². The fraction of sp³-hybridized carbons (Fsp3) is 0.643. The van der Waals surface area contributed by atoms with Gasteiger partial charge in [-0.25, -0.2) is 0 Å². The van der Waals surface area contributed by atoms with Crippen LogP contribution in [0.15, 0.2) is 29.7 Å². The monoisotopic (exact) mass is 317 g/mol. The molecule has 3 N–H and O–H groups in total. The van der Waals surface area contributed by atoms with Crippen molar-refractivity contribution >= 4 is 5.84 Å². The lowest BCUT2D eigenvalue weighted by atomic mass is 10.1. The van der Waals surface area contributed by atoms with Crippen LogP contribution < -0.4 is 5.32 Å². The Labute approximate surface area is 127 Å². The minimum Gasteiger partial charge on any atom is -0.394 e. The van der Waals surface area contributed by atoms with Crippen molar-refractivity contribution in [3.05, 3.63) is 24.7 Å². The van der Waals surface area contributed by atoms with Crippen LogP contribution in [0.5, 0.6) is 0 Å². The van der Waals surface area contributed by atoms with E-state index in [1.165, 1.54) is 12.3 Å². The third-order valence-electron chi connectivity index (χ3n) is 3.24. The van der Waals surface area contributed by atoms with Crippen LogP contribution >= 0.6 is 0 Å². The molecule has 0 spiro atoms. The highest BCUT2D eigenvalue weighted by molar-refractivity contribution is 5.95. The van der Waals surface area contributed by atoms with Gasteiger partial charge in [0.15, 0.2) is 6.10 Å². The van der Waals surface area contributed by atoms with Crippen molar-refractivity contribution in [2.45, 2.75) is 50.7 Å². The van der Waals surface area contributed by atoms with Gasteiger partial charge in [-0.05, 0) is 26.8 Å². The maximum Gasteiger partial charge on any atom is 0.320 e. The summed E-state index contributed by atoms with van der Waals surface area (Å²) in [4.78, 5) is 5.46. The fourth-order valence-corrected chi connectivity index (χ4v) is 2.26. The number of halogens is 2. The average Bonchev–Trinajstić information content (AvgIpc) is 2.60. The van der Waals surface area contributed by atoms with Crippen molar-refractivity contribution in [3.8, 4) is 0 Å². The third-order valence-corrected chi connectivity index (χ3v) is 3.24. The molecule has 2 aliphatic heterocycles. The zero-order valence-corrected chi connectivity index (χ0v) is 12.8. The molecule has 124 valence electrons. The summed E-state index contributed by atoms with van der Waals surface area (Å²) in [5.41, 5.74) is -0.332. The van der Waals surface area contributed by atoms with Gasteiger partial charge in [-0.15, -0.1) is 0 Å². The van der Waals surface area contributed by atoms with Crippen LogP contribution in [0.3, 0.4) is 0 Å². The number of nitrogens with zero attached hydrogens (tertiary/aromatic N) is 2. The second-order valence-electron chi connectivity index (χ2n) is 6.29. The zero-order chi connectivity index (χ0) is 16.7. The van der Waals surface area contributed by atoms with E-state index in [9.17, 15) is 13.9 Å². The number of rotatable bonds is 2. The van der Waals surface area contributed by atoms with Crippen LogP contribution in [0.4, 0.5) is 8.78 Å². The number of aliphatic hydroxyl groups is 2. The molecule has 0 saturated carbocycles. The summed E-state index contributed by atoms with van der Waals surface area (Å²) in [7, 11) is 0. The van der Waals surface area contributed by atoms with Crippen molar-refractivity contribution < 1.29 is 23.7 Å². The molecule has 2 aliphatic rings. The molecule has 1 fully saturated rings. The zero-order valence-electron chi connectivity index (χ0n) is 12.8. The Hall–Kier alpha value is -1.51. The van der Waals surface area contributed by atoms with E-state index in [1.54, 1.807) is 0 Å². The predicted molar refractivity (Wildman–Crippen MR) is 77.1 cm³/mol. The lowest BCUT2D eigenvalue weighted by Gasteiger charge is -2.35. The molecule has 0 unspecified atom stereocenters. The number of amidine groups is 1. The lowest BCUT2D eigenvalue weighted by molar-refractivity contribution is -0.149. The van der Waals surface area contributed by atoms with Crippen LogP contribution in [-0.2, 0) is 4.74 Å². The smallest absolute Gasteiger partial charge is 0.320 e. The van der Waals surface area contributed by atoms with E-state index in [4.69, 9.17) is 9.84 Å². The molecule has 0 aromatic rings. The van der Waals surface area contributed by atoms with Crippen LogP contribution in [0, 0.1) is 0 Å². The Bertz CT molecular complexity index is 514. The second kappa shape index (κ2) is 5.60. The number of hydrogen-bond acceptors (Lipinski definition) is 5. The van der Waals surface area contributed by atoms with Crippen molar-refractivity contribution in [3.63, 3.8) is 0 Å². The molecule has 8 heteroatoms. The van der Waals surface area contributed by atoms with Gasteiger partial charge in [0, 0.05) is 6.20 Å². The molecular weight excluding hydrogens is 296 g/mol. The first-order valence-electron chi connectivity index (χ1n) is 6.91. The molecule has 1 saturated heterocycles. The largest absolute Gasteiger partial charge is 0.394 e. The van der Waals surface area contributed by atoms with Gasteiger partial charge >= 0.3 is 5.92 Å². The van der Waals surface area contributed by atoms with Gasteiger partial charge < -0.3 is 25.2 Å². The van der Waals surface area contributed by atoms with E-state index in [2.05, 4.69) is 16.9 Å². The summed E-state index contributed by atoms with van der Waals surface area (Å²) >= 11 is 0. The van der Waals surface area contributed by atoms with Gasteiger partial charge in [-0.2, -0.15) is 8.78 Å². The van der Waals surface area contributed by atoms with E-state index >= 15 is 0 Å². The first-order valence-corrected chi connectivity index (χ1v) is 6.91. The minimum absolute atomic E-state index is 0.154. The molecule has 2 rings (SSSR count). The Balaban J connectivity index is 2.23. The van der Waals surface area contributed by atoms with Crippen LogP contribution in [-0.4, -0.2) is 57.5 Å². The summed E-state index contributed by atoms with van der Waals surface area (Å²) in [6.07, 6.45) is -2.27. The van der Waals surface area contributed by atoms with E-state index in [0.717, 1.165) is 4.90 Å². The molecular formula is C14H21F2N3O3. The Morgan fingerprint density at radius 2 is 2.14 bits per heavy atom. The normalized spacial score (nSPS) is 33.4. The summed E-state index contributed by atoms with van der Waals surface area (Å²) in [5.74, 6) is -2.89. The molecule has 0 amide bonds. The second-order valence-corrected chi connectivity index (χ2v) is 6.29. The average molecular weight is 317 g/mol. The lowest BCUT2D eigenvalue weighted by Crippen LogP contribution is -2.50. The standard InChI is InChI=1S/C14H21F2N3O3/c1-8-17-10(18-13(2,3)4)5-6-19(8)12-14(15,16)11(21)9(7-20)22-12/h5-6,9,11-12,20-21H,1,7H2,2-4H3,(H,17,18)/t9-,11+,12-/m1/s1. The molecule has 0 aromatic carbocycles. The van der Waals surface area contributed by atoms with Crippen molar-refractivity contribution in [1.29, 1.82) is 0 Å². The first kappa shape index (κ1) is 16.9. The minimum atomic E-state index is -3.54. The Morgan fingerprint density at radius 3 is 2.59 bits per heavy atom. The van der Waals surface area contributed by atoms with Gasteiger partial charge in [-0.3, -0.25) is 4.99 Å². The van der Waals surface area contributed by atoms with E-state index in [0.29, 0.717) is 5.84 Å². The van der Waals surface area contributed by atoms with Gasteiger partial charge in [0.05, 0.1) is 12.1 Å². The molecule has 0 radical (unpaired) electrons. The Kier molecular flexibility index (Phi) is 4.29. The van der Waals surface area contributed by atoms with Gasteiger partial charge in [-0.1, -0.05) is 6.58 Å². The molecule has 0 aliphatic carbocycles.